The molecule has 1 aromatic carbocycles. The molecule has 45 heavy (non-hydrogen) atoms. The standard InChI is InChI=1S/C19H25NO4.C14H15Cl2N3O2/c1-11(2)9-14-15(19(14,3)4)18(23)24-10-20-16(21)12-7-5-6-8-13(12)17(20)22;1-2-11-6-20-14(21-11,7-19-9-17-8-18-19)12-4-3-10(15)5-13(12)16/h9,14-15H,5-8,10H2,1-4H3;3-5,8-9,11H,2,6-7H2,1H3. The molecule has 4 unspecified atom stereocenters. The number of nitrogens with zero attached hydrogens (tertiary/aromatic N) is 4. The van der Waals surface area contributed by atoms with E-state index in [1.807, 2.05) is 33.8 Å². The highest BCUT2D eigenvalue weighted by Crippen LogP contribution is 2.59. The van der Waals surface area contributed by atoms with Gasteiger partial charge in [0.2, 0.25) is 5.79 Å². The van der Waals surface area contributed by atoms with Gasteiger partial charge in [-0.3, -0.25) is 14.4 Å². The van der Waals surface area contributed by atoms with Crippen molar-refractivity contribution in [2.45, 2.75) is 85.2 Å². The summed E-state index contributed by atoms with van der Waals surface area (Å²) in [5.74, 6) is -1.89. The number of hydrogen-bond donors (Lipinski definition) is 0. The second kappa shape index (κ2) is 13.4. The average molecular weight is 660 g/mol. The van der Waals surface area contributed by atoms with E-state index in [4.69, 9.17) is 37.4 Å². The van der Waals surface area contributed by atoms with Crippen molar-refractivity contribution in [3.05, 3.63) is 69.3 Å². The van der Waals surface area contributed by atoms with Gasteiger partial charge in [0.1, 0.15) is 19.2 Å². The number of carbonyl (C=O) groups excluding carboxylic acids is 3. The van der Waals surface area contributed by atoms with Gasteiger partial charge in [-0.05, 0) is 69.4 Å². The first-order valence-electron chi connectivity index (χ1n) is 15.4. The number of carbonyl (C=O) groups is 3. The summed E-state index contributed by atoms with van der Waals surface area (Å²) >= 11 is 12.3. The molecule has 2 amide bonds. The number of imide groups is 1. The third-order valence-corrected chi connectivity index (χ3v) is 9.53. The van der Waals surface area contributed by atoms with Gasteiger partial charge in [-0.25, -0.2) is 14.6 Å². The summed E-state index contributed by atoms with van der Waals surface area (Å²) < 4.78 is 19.1. The maximum Gasteiger partial charge on any atom is 0.311 e. The first kappa shape index (κ1) is 33.3. The summed E-state index contributed by atoms with van der Waals surface area (Å²) in [6, 6.07) is 5.30. The van der Waals surface area contributed by atoms with Gasteiger partial charge in [0.15, 0.2) is 6.73 Å². The molecule has 2 aliphatic carbocycles. The van der Waals surface area contributed by atoms with Crippen LogP contribution in [0.3, 0.4) is 0 Å². The minimum absolute atomic E-state index is 0.0280. The van der Waals surface area contributed by atoms with Crippen molar-refractivity contribution in [3.8, 4) is 0 Å². The first-order valence-corrected chi connectivity index (χ1v) is 16.1. The van der Waals surface area contributed by atoms with E-state index < -0.39 is 5.79 Å². The van der Waals surface area contributed by atoms with Crippen LogP contribution < -0.4 is 0 Å². The molecule has 0 bridgehead atoms. The molecule has 0 N–H and O–H groups in total. The molecule has 1 aromatic heterocycles. The van der Waals surface area contributed by atoms with Crippen LogP contribution in [0.2, 0.25) is 10.0 Å². The summed E-state index contributed by atoms with van der Waals surface area (Å²) in [5, 5.41) is 5.21. The molecular weight excluding hydrogens is 619 g/mol. The van der Waals surface area contributed by atoms with E-state index in [2.05, 4.69) is 23.1 Å². The Kier molecular flexibility index (Phi) is 9.89. The Morgan fingerprint density at radius 1 is 1.13 bits per heavy atom. The van der Waals surface area contributed by atoms with Crippen LogP contribution in [0.5, 0.6) is 0 Å². The number of rotatable bonds is 8. The summed E-state index contributed by atoms with van der Waals surface area (Å²) in [6.07, 6.45) is 9.27. The first-order chi connectivity index (χ1) is 21.4. The van der Waals surface area contributed by atoms with Gasteiger partial charge < -0.3 is 14.2 Å². The lowest BCUT2D eigenvalue weighted by atomic mass is 9.93. The Morgan fingerprint density at radius 2 is 1.82 bits per heavy atom. The number of hydrogen-bond acceptors (Lipinski definition) is 8. The Labute approximate surface area is 273 Å². The topological polar surface area (TPSA) is 113 Å². The highest BCUT2D eigenvalue weighted by atomic mass is 35.5. The van der Waals surface area contributed by atoms with Gasteiger partial charge >= 0.3 is 5.97 Å². The molecule has 6 rings (SSSR count). The van der Waals surface area contributed by atoms with Crippen molar-refractivity contribution >= 4 is 41.0 Å². The van der Waals surface area contributed by atoms with E-state index in [0.717, 1.165) is 29.7 Å². The summed E-state index contributed by atoms with van der Waals surface area (Å²) in [5.41, 5.74) is 3.03. The van der Waals surface area contributed by atoms with Gasteiger partial charge in [0.05, 0.1) is 23.7 Å². The molecule has 12 heteroatoms. The molecule has 3 heterocycles. The molecular formula is C33H40Cl2N4O6. The molecule has 0 spiro atoms. The van der Waals surface area contributed by atoms with Crippen LogP contribution in [0.4, 0.5) is 0 Å². The predicted molar refractivity (Wildman–Crippen MR) is 168 cm³/mol. The van der Waals surface area contributed by atoms with Gasteiger partial charge in [-0.2, -0.15) is 5.10 Å². The highest BCUT2D eigenvalue weighted by molar-refractivity contribution is 6.35. The second-order valence-corrected chi connectivity index (χ2v) is 13.6. The minimum Gasteiger partial charge on any atom is -0.443 e. The Balaban J connectivity index is 0.000000179. The second-order valence-electron chi connectivity index (χ2n) is 12.8. The molecule has 4 aliphatic rings. The fourth-order valence-corrected chi connectivity index (χ4v) is 6.88. The molecule has 1 saturated heterocycles. The van der Waals surface area contributed by atoms with Crippen LogP contribution in [0, 0.1) is 17.3 Å². The number of halogens is 2. The Hall–Kier alpha value is -3.05. The van der Waals surface area contributed by atoms with Crippen molar-refractivity contribution in [1.29, 1.82) is 0 Å². The van der Waals surface area contributed by atoms with Gasteiger partial charge in [-0.1, -0.05) is 61.7 Å². The molecule has 4 atom stereocenters. The third-order valence-electron chi connectivity index (χ3n) is 8.98. The number of allylic oxidation sites excluding steroid dienone is 2. The van der Waals surface area contributed by atoms with Crippen LogP contribution in [0.1, 0.15) is 72.3 Å². The monoisotopic (exact) mass is 658 g/mol. The van der Waals surface area contributed by atoms with E-state index in [1.165, 1.54) is 11.9 Å². The Morgan fingerprint density at radius 3 is 2.38 bits per heavy atom. The van der Waals surface area contributed by atoms with E-state index in [1.54, 1.807) is 23.1 Å². The predicted octanol–water partition coefficient (Wildman–Crippen LogP) is 6.23. The summed E-state index contributed by atoms with van der Waals surface area (Å²) in [6.45, 7) is 10.8. The lowest BCUT2D eigenvalue weighted by Gasteiger charge is -2.29. The molecule has 1 saturated carbocycles. The maximum absolute atomic E-state index is 12.4. The van der Waals surface area contributed by atoms with Crippen LogP contribution in [-0.2, 0) is 40.9 Å². The fraction of sp³-hybridized carbons (Fsp3) is 0.545. The van der Waals surface area contributed by atoms with E-state index in [0.29, 0.717) is 47.2 Å². The zero-order valence-corrected chi connectivity index (χ0v) is 27.9. The Bertz CT molecular complexity index is 1490. The third kappa shape index (κ3) is 6.89. The minimum atomic E-state index is -0.962. The van der Waals surface area contributed by atoms with Crippen LogP contribution in [0.25, 0.3) is 0 Å². The zero-order chi connectivity index (χ0) is 32.5. The molecule has 242 valence electrons. The van der Waals surface area contributed by atoms with E-state index in [9.17, 15) is 14.4 Å². The van der Waals surface area contributed by atoms with Crippen molar-refractivity contribution in [1.82, 2.24) is 19.7 Å². The molecule has 0 radical (unpaired) electrons. The number of esters is 1. The molecule has 2 fully saturated rings. The molecule has 2 aromatic rings. The van der Waals surface area contributed by atoms with Crippen LogP contribution in [0.15, 0.2) is 53.6 Å². The summed E-state index contributed by atoms with van der Waals surface area (Å²) in [4.78, 5) is 42.1. The van der Waals surface area contributed by atoms with Gasteiger partial charge in [-0.15, -0.1) is 0 Å². The number of amides is 2. The SMILES string of the molecule is CC(C)=CC1C(C(=O)OCN2C(=O)C3=C(CCCC3)C2=O)C1(C)C.CCC1COC(Cn2cncn2)(c2ccc(Cl)cc2Cl)O1. The van der Waals surface area contributed by atoms with Gasteiger partial charge in [0, 0.05) is 21.7 Å². The largest absolute Gasteiger partial charge is 0.443 e. The highest BCUT2D eigenvalue weighted by Gasteiger charge is 2.61. The number of ether oxygens (including phenoxy) is 3. The van der Waals surface area contributed by atoms with Crippen molar-refractivity contribution in [2.75, 3.05) is 13.3 Å². The lowest BCUT2D eigenvalue weighted by Crippen LogP contribution is -2.35. The van der Waals surface area contributed by atoms with Crippen LogP contribution in [-0.4, -0.2) is 56.9 Å². The van der Waals surface area contributed by atoms with Crippen molar-refractivity contribution < 1.29 is 28.6 Å². The zero-order valence-electron chi connectivity index (χ0n) is 26.3. The average Bonchev–Trinajstić information content (AvgIpc) is 3.46. The normalized spacial score (nSPS) is 26.7. The number of aromatic nitrogens is 3. The number of benzene rings is 1. The molecule has 2 aliphatic heterocycles. The van der Waals surface area contributed by atoms with Gasteiger partial charge in [0.25, 0.3) is 11.8 Å². The molecule has 10 nitrogen and oxygen atoms in total. The smallest absolute Gasteiger partial charge is 0.311 e. The van der Waals surface area contributed by atoms with Crippen LogP contribution >= 0.6 is 23.2 Å². The fourth-order valence-electron chi connectivity index (χ4n) is 6.33. The lowest BCUT2D eigenvalue weighted by molar-refractivity contribution is -0.188. The quantitative estimate of drug-likeness (QED) is 0.186. The van der Waals surface area contributed by atoms with E-state index in [-0.39, 0.29) is 47.9 Å². The maximum atomic E-state index is 12.4. The summed E-state index contributed by atoms with van der Waals surface area (Å²) in [7, 11) is 0. The van der Waals surface area contributed by atoms with Crippen molar-refractivity contribution in [3.63, 3.8) is 0 Å². The van der Waals surface area contributed by atoms with E-state index >= 15 is 0 Å². The van der Waals surface area contributed by atoms with Crippen molar-refractivity contribution in [2.24, 2.45) is 17.3 Å².